The monoisotopic (exact) mass is 340 g/mol. The molecule has 0 amide bonds. The van der Waals surface area contributed by atoms with Gasteiger partial charge in [-0.15, -0.1) is 0 Å². The van der Waals surface area contributed by atoms with Gasteiger partial charge in [-0.05, 0) is 23.6 Å². The molecule has 0 aromatic heterocycles. The van der Waals surface area contributed by atoms with Gasteiger partial charge in [0.2, 0.25) is 0 Å². The Morgan fingerprint density at radius 1 is 0.889 bits per heavy atom. The third-order valence-electron chi connectivity index (χ3n) is 2.37. The van der Waals surface area contributed by atoms with E-state index in [0.717, 1.165) is 0 Å². The van der Waals surface area contributed by atoms with E-state index < -0.39 is 0 Å². The third kappa shape index (κ3) is 5.48. The van der Waals surface area contributed by atoms with Crippen LogP contribution in [0.15, 0.2) is 48.5 Å². The molecule has 2 aromatic carbocycles. The topological polar surface area (TPSA) is 0 Å². The second-order valence-electron chi connectivity index (χ2n) is 4.16. The Bertz CT molecular complexity index is 481. The average molecular weight is 341 g/mol. The summed E-state index contributed by atoms with van der Waals surface area (Å²) in [4.78, 5) is 0. The van der Waals surface area contributed by atoms with Gasteiger partial charge in [-0.1, -0.05) is 43.1 Å². The predicted molar refractivity (Wildman–Crippen MR) is 82.4 cm³/mol. The van der Waals surface area contributed by atoms with E-state index in [1.807, 2.05) is 36.4 Å². The summed E-state index contributed by atoms with van der Waals surface area (Å²) in [5, 5.41) is 1.26. The van der Waals surface area contributed by atoms with Crippen LogP contribution in [0.3, 0.4) is 0 Å². The summed E-state index contributed by atoms with van der Waals surface area (Å²) in [7, 11) is 0. The summed E-state index contributed by atoms with van der Waals surface area (Å²) in [5.74, 6) is 0.504. The Kier molecular flexibility index (Phi) is 6.86. The van der Waals surface area contributed by atoms with Crippen molar-refractivity contribution in [3.63, 3.8) is 0 Å². The van der Waals surface area contributed by atoms with Crippen LogP contribution in [0.5, 0.6) is 0 Å². The van der Waals surface area contributed by atoms with Crippen LogP contribution in [-0.4, -0.2) is 16.9 Å². The minimum absolute atomic E-state index is 0.504. The molecule has 0 saturated carbocycles. The van der Waals surface area contributed by atoms with Gasteiger partial charge in [-0.25, -0.2) is 0 Å². The second kappa shape index (κ2) is 7.89. The summed E-state index contributed by atoms with van der Waals surface area (Å²) in [6.07, 6.45) is 0. The molecule has 2 rings (SSSR count). The summed E-state index contributed by atoms with van der Waals surface area (Å²) >= 11 is 14.1. The van der Waals surface area contributed by atoms with Gasteiger partial charge in [0.1, 0.15) is 0 Å². The number of hydrogen-bond donors (Lipinski definition) is 0. The van der Waals surface area contributed by atoms with E-state index in [1.54, 1.807) is 0 Å². The SMILES string of the molecule is CC(C)c1ccc(Cl)c(Cl)c1.[As]c1ccccc1. The first-order valence-corrected chi connectivity index (χ1v) is 7.39. The van der Waals surface area contributed by atoms with E-state index >= 15 is 0 Å². The van der Waals surface area contributed by atoms with E-state index in [-0.39, 0.29) is 0 Å². The molecule has 0 aliphatic carbocycles. The molecule has 0 atom stereocenters. The Labute approximate surface area is 128 Å². The molecule has 2 radical (unpaired) electrons. The molecule has 0 nitrogen and oxygen atoms in total. The molecule has 0 fully saturated rings. The molecule has 18 heavy (non-hydrogen) atoms. The number of benzene rings is 2. The van der Waals surface area contributed by atoms with Crippen LogP contribution in [-0.2, 0) is 0 Å². The molecule has 0 heterocycles. The molecule has 94 valence electrons. The predicted octanol–water partition coefficient (Wildman–Crippen LogP) is 4.60. The summed E-state index contributed by atoms with van der Waals surface area (Å²) < 4.78 is 1.26. The maximum atomic E-state index is 5.83. The maximum absolute atomic E-state index is 5.83. The van der Waals surface area contributed by atoms with Crippen molar-refractivity contribution in [3.05, 3.63) is 64.1 Å². The van der Waals surface area contributed by atoms with Crippen molar-refractivity contribution in [1.29, 1.82) is 0 Å². The zero-order chi connectivity index (χ0) is 13.5. The fourth-order valence-corrected chi connectivity index (χ4v) is 1.97. The molecule has 3 heteroatoms. The Morgan fingerprint density at radius 2 is 1.50 bits per heavy atom. The van der Waals surface area contributed by atoms with Crippen molar-refractivity contribution >= 4 is 44.4 Å². The van der Waals surface area contributed by atoms with Crippen molar-refractivity contribution in [3.8, 4) is 0 Å². The fourth-order valence-electron chi connectivity index (χ4n) is 1.30. The summed E-state index contributed by atoms with van der Waals surface area (Å²) in [6.45, 7) is 4.25. The molecular weight excluding hydrogens is 326 g/mol. The van der Waals surface area contributed by atoms with E-state index in [4.69, 9.17) is 23.2 Å². The minimum atomic E-state index is 0.504. The van der Waals surface area contributed by atoms with Gasteiger partial charge >= 0.3 is 51.5 Å². The standard InChI is InChI=1S/C9H10Cl2.C6H5As/c1-6(2)7-3-4-8(10)9(11)5-7;7-6-4-2-1-3-5-6/h3-6H,1-2H3;1-5H. The normalized spacial score (nSPS) is 9.89. The molecule has 0 spiro atoms. The fraction of sp³-hybridized carbons (Fsp3) is 0.200. The Morgan fingerprint density at radius 3 is 1.89 bits per heavy atom. The molecule has 0 N–H and O–H groups in total. The number of halogens is 2. The van der Waals surface area contributed by atoms with Gasteiger partial charge in [-0.2, -0.15) is 0 Å². The first-order chi connectivity index (χ1) is 8.50. The third-order valence-corrected chi connectivity index (χ3v) is 3.73. The van der Waals surface area contributed by atoms with E-state index in [1.165, 1.54) is 9.91 Å². The van der Waals surface area contributed by atoms with Gasteiger partial charge < -0.3 is 0 Å². The zero-order valence-electron chi connectivity index (χ0n) is 10.4. The number of hydrogen-bond acceptors (Lipinski definition) is 0. The molecular formula is C15H15AsCl2. The number of rotatable bonds is 1. The molecule has 0 aliphatic heterocycles. The van der Waals surface area contributed by atoms with E-state index in [0.29, 0.717) is 16.0 Å². The summed E-state index contributed by atoms with van der Waals surface area (Å²) in [6, 6.07) is 15.9. The van der Waals surface area contributed by atoms with Gasteiger partial charge in [0.25, 0.3) is 0 Å². The van der Waals surface area contributed by atoms with Gasteiger partial charge in [0, 0.05) is 0 Å². The Hall–Kier alpha value is -0.422. The van der Waals surface area contributed by atoms with Crippen LogP contribution >= 0.6 is 23.2 Å². The van der Waals surface area contributed by atoms with Crippen LogP contribution in [0.2, 0.25) is 10.0 Å². The first kappa shape index (κ1) is 15.6. The Balaban J connectivity index is 0.000000199. The van der Waals surface area contributed by atoms with Crippen molar-refractivity contribution < 1.29 is 0 Å². The molecule has 2 aromatic rings. The van der Waals surface area contributed by atoms with E-state index in [9.17, 15) is 0 Å². The molecule has 0 unspecified atom stereocenters. The van der Waals surface area contributed by atoms with Crippen LogP contribution in [0.25, 0.3) is 0 Å². The van der Waals surface area contributed by atoms with Crippen LogP contribution in [0.1, 0.15) is 25.3 Å². The van der Waals surface area contributed by atoms with Gasteiger partial charge in [0.05, 0.1) is 10.0 Å². The van der Waals surface area contributed by atoms with E-state index in [2.05, 4.69) is 42.8 Å². The zero-order valence-corrected chi connectivity index (χ0v) is 13.8. The first-order valence-electron chi connectivity index (χ1n) is 5.69. The van der Waals surface area contributed by atoms with Crippen LogP contribution in [0.4, 0.5) is 0 Å². The van der Waals surface area contributed by atoms with Gasteiger partial charge in [0.15, 0.2) is 0 Å². The molecule has 0 saturated heterocycles. The van der Waals surface area contributed by atoms with Crippen molar-refractivity contribution in [2.45, 2.75) is 19.8 Å². The van der Waals surface area contributed by atoms with Crippen LogP contribution < -0.4 is 4.35 Å². The molecule has 0 aliphatic rings. The average Bonchev–Trinajstić information content (AvgIpc) is 2.34. The van der Waals surface area contributed by atoms with Crippen LogP contribution in [0, 0.1) is 0 Å². The quantitative estimate of drug-likeness (QED) is 0.665. The van der Waals surface area contributed by atoms with Crippen molar-refractivity contribution in [1.82, 2.24) is 0 Å². The second-order valence-corrected chi connectivity index (χ2v) is 6.06. The van der Waals surface area contributed by atoms with Crippen molar-refractivity contribution in [2.24, 2.45) is 0 Å². The van der Waals surface area contributed by atoms with Crippen molar-refractivity contribution in [2.75, 3.05) is 0 Å². The molecule has 0 bridgehead atoms. The van der Waals surface area contributed by atoms with Gasteiger partial charge in [-0.3, -0.25) is 0 Å². The summed E-state index contributed by atoms with van der Waals surface area (Å²) in [5.41, 5.74) is 1.22.